The second-order valence-corrected chi connectivity index (χ2v) is 8.19. The molecule has 9 nitrogen and oxygen atoms in total. The van der Waals surface area contributed by atoms with Crippen LogP contribution < -0.4 is 15.5 Å². The molecule has 164 valence electrons. The number of thiophene rings is 1. The minimum absolute atomic E-state index is 0.0299. The maximum absolute atomic E-state index is 12.2. The number of esters is 1. The Morgan fingerprint density at radius 1 is 1.26 bits per heavy atom. The van der Waals surface area contributed by atoms with Crippen molar-refractivity contribution in [1.82, 2.24) is 5.32 Å². The zero-order chi connectivity index (χ0) is 22.4. The van der Waals surface area contributed by atoms with E-state index in [4.69, 9.17) is 21.1 Å². The Labute approximate surface area is 187 Å². The fourth-order valence-corrected chi connectivity index (χ4v) is 3.89. The average Bonchev–Trinajstić information content (AvgIpc) is 3.20. The van der Waals surface area contributed by atoms with Crippen LogP contribution in [0.2, 0.25) is 4.34 Å². The molecular formula is C20H20ClN3O6S. The van der Waals surface area contributed by atoms with Crippen LogP contribution in [0.4, 0.5) is 11.4 Å². The van der Waals surface area contributed by atoms with Gasteiger partial charge in [0.05, 0.1) is 34.2 Å². The summed E-state index contributed by atoms with van der Waals surface area (Å²) in [5.74, 6) is -1.56. The number of anilines is 2. The molecule has 1 fully saturated rings. The quantitative estimate of drug-likeness (QED) is 0.606. The molecule has 1 aromatic heterocycles. The first-order valence-electron chi connectivity index (χ1n) is 9.33. The summed E-state index contributed by atoms with van der Waals surface area (Å²) in [6.45, 7) is 0.727. The van der Waals surface area contributed by atoms with Crippen LogP contribution in [0.15, 0.2) is 30.3 Å². The SMILES string of the molecule is COC(=O)c1cc(NC(=O)CCNC(=O)c2ccc(Cl)s2)ccc1N1CCOCC1=O. The van der Waals surface area contributed by atoms with Gasteiger partial charge in [0.1, 0.15) is 6.61 Å². The molecule has 2 aromatic rings. The minimum atomic E-state index is -0.632. The molecule has 0 spiro atoms. The fourth-order valence-electron chi connectivity index (χ4n) is 2.93. The van der Waals surface area contributed by atoms with E-state index in [0.29, 0.717) is 33.7 Å². The molecular weight excluding hydrogens is 446 g/mol. The topological polar surface area (TPSA) is 114 Å². The summed E-state index contributed by atoms with van der Waals surface area (Å²) < 4.78 is 10.4. The first kappa shape index (κ1) is 22.7. The van der Waals surface area contributed by atoms with Gasteiger partial charge in [0, 0.05) is 25.2 Å². The van der Waals surface area contributed by atoms with Gasteiger partial charge in [0.15, 0.2) is 0 Å². The van der Waals surface area contributed by atoms with Gasteiger partial charge in [-0.2, -0.15) is 0 Å². The van der Waals surface area contributed by atoms with E-state index < -0.39 is 5.97 Å². The summed E-state index contributed by atoms with van der Waals surface area (Å²) in [7, 11) is 1.24. The van der Waals surface area contributed by atoms with E-state index >= 15 is 0 Å². The molecule has 3 amide bonds. The number of rotatable bonds is 7. The molecule has 0 aliphatic carbocycles. The van der Waals surface area contributed by atoms with Gasteiger partial charge >= 0.3 is 5.97 Å². The van der Waals surface area contributed by atoms with Crippen molar-refractivity contribution in [3.8, 4) is 0 Å². The van der Waals surface area contributed by atoms with Gasteiger partial charge in [-0.25, -0.2) is 4.79 Å². The van der Waals surface area contributed by atoms with Crippen LogP contribution >= 0.6 is 22.9 Å². The summed E-state index contributed by atoms with van der Waals surface area (Å²) in [5.41, 5.74) is 0.907. The molecule has 1 aromatic carbocycles. The lowest BCUT2D eigenvalue weighted by molar-refractivity contribution is -0.125. The molecule has 0 atom stereocenters. The Morgan fingerprint density at radius 2 is 2.06 bits per heavy atom. The monoisotopic (exact) mass is 465 g/mol. The van der Waals surface area contributed by atoms with E-state index in [1.807, 2.05) is 0 Å². The largest absolute Gasteiger partial charge is 0.465 e. The molecule has 1 aliphatic heterocycles. The number of halogens is 1. The minimum Gasteiger partial charge on any atom is -0.465 e. The fraction of sp³-hybridized carbons (Fsp3) is 0.300. The molecule has 0 radical (unpaired) electrons. The number of nitrogens with one attached hydrogen (secondary N) is 2. The predicted molar refractivity (Wildman–Crippen MR) is 116 cm³/mol. The van der Waals surface area contributed by atoms with E-state index in [1.165, 1.54) is 18.1 Å². The molecule has 0 saturated carbocycles. The standard InChI is InChI=1S/C20H20ClN3O6S/c1-29-20(28)13-10-12(2-3-14(13)24-8-9-30-11-18(24)26)23-17(25)6-7-22-19(27)15-4-5-16(21)31-15/h2-5,10H,6-9,11H2,1H3,(H,22,27)(H,23,25). The van der Waals surface area contributed by atoms with Crippen LogP contribution in [0, 0.1) is 0 Å². The molecule has 1 aliphatic rings. The van der Waals surface area contributed by atoms with Crippen LogP contribution in [0.3, 0.4) is 0 Å². The normalized spacial score (nSPS) is 13.6. The van der Waals surface area contributed by atoms with E-state index in [0.717, 1.165) is 11.3 Å². The molecule has 31 heavy (non-hydrogen) atoms. The number of carbonyl (C=O) groups excluding carboxylic acids is 4. The molecule has 0 bridgehead atoms. The number of hydrogen-bond donors (Lipinski definition) is 2. The van der Waals surface area contributed by atoms with Crippen LogP contribution in [0.25, 0.3) is 0 Å². The van der Waals surface area contributed by atoms with Crippen LogP contribution in [-0.2, 0) is 19.1 Å². The summed E-state index contributed by atoms with van der Waals surface area (Å²) >= 11 is 6.96. The molecule has 2 heterocycles. The number of ether oxygens (including phenoxy) is 2. The number of carbonyl (C=O) groups is 4. The van der Waals surface area contributed by atoms with E-state index in [-0.39, 0.29) is 42.9 Å². The lowest BCUT2D eigenvalue weighted by Crippen LogP contribution is -2.42. The number of amides is 3. The third kappa shape index (κ3) is 5.81. The lowest BCUT2D eigenvalue weighted by Gasteiger charge is -2.28. The number of methoxy groups -OCH3 is 1. The van der Waals surface area contributed by atoms with E-state index in [9.17, 15) is 19.2 Å². The Morgan fingerprint density at radius 3 is 2.74 bits per heavy atom. The second-order valence-electron chi connectivity index (χ2n) is 6.48. The molecule has 2 N–H and O–H groups in total. The highest BCUT2D eigenvalue weighted by Gasteiger charge is 2.25. The van der Waals surface area contributed by atoms with Crippen LogP contribution in [0.5, 0.6) is 0 Å². The van der Waals surface area contributed by atoms with Gasteiger partial charge in [0.25, 0.3) is 11.8 Å². The summed E-state index contributed by atoms with van der Waals surface area (Å²) in [4.78, 5) is 50.5. The second kappa shape index (κ2) is 10.4. The van der Waals surface area contributed by atoms with Gasteiger partial charge in [0.2, 0.25) is 5.91 Å². The summed E-state index contributed by atoms with van der Waals surface area (Å²) in [6, 6.07) is 7.86. The van der Waals surface area contributed by atoms with E-state index in [1.54, 1.807) is 24.3 Å². The lowest BCUT2D eigenvalue weighted by atomic mass is 10.1. The Hall–Kier alpha value is -2.95. The van der Waals surface area contributed by atoms with Crippen molar-refractivity contribution in [2.45, 2.75) is 6.42 Å². The zero-order valence-corrected chi connectivity index (χ0v) is 18.2. The number of hydrogen-bond acceptors (Lipinski definition) is 7. The van der Waals surface area contributed by atoms with Gasteiger partial charge in [-0.3, -0.25) is 14.4 Å². The highest BCUT2D eigenvalue weighted by molar-refractivity contribution is 7.18. The Kier molecular flexibility index (Phi) is 7.61. The predicted octanol–water partition coefficient (Wildman–Crippen LogP) is 2.31. The Balaban J connectivity index is 1.62. The summed E-state index contributed by atoms with van der Waals surface area (Å²) in [6.07, 6.45) is 0.0299. The van der Waals surface area contributed by atoms with Crippen molar-refractivity contribution >= 4 is 58.0 Å². The number of benzene rings is 1. The van der Waals surface area contributed by atoms with Crippen molar-refractivity contribution in [2.75, 3.05) is 43.6 Å². The van der Waals surface area contributed by atoms with Gasteiger partial charge < -0.3 is 25.0 Å². The van der Waals surface area contributed by atoms with Crippen molar-refractivity contribution in [3.05, 3.63) is 45.1 Å². The smallest absolute Gasteiger partial charge is 0.340 e. The maximum Gasteiger partial charge on any atom is 0.340 e. The number of nitrogens with zero attached hydrogens (tertiary/aromatic N) is 1. The summed E-state index contributed by atoms with van der Waals surface area (Å²) in [5, 5.41) is 5.32. The molecule has 11 heteroatoms. The average molecular weight is 466 g/mol. The van der Waals surface area contributed by atoms with Gasteiger partial charge in [-0.1, -0.05) is 11.6 Å². The van der Waals surface area contributed by atoms with Gasteiger partial charge in [-0.05, 0) is 30.3 Å². The molecule has 0 unspecified atom stereocenters. The molecule has 3 rings (SSSR count). The number of morpholine rings is 1. The first-order chi connectivity index (χ1) is 14.9. The maximum atomic E-state index is 12.2. The van der Waals surface area contributed by atoms with Crippen molar-refractivity contribution < 1.29 is 28.7 Å². The van der Waals surface area contributed by atoms with Crippen LogP contribution in [-0.4, -0.2) is 57.1 Å². The van der Waals surface area contributed by atoms with Crippen molar-refractivity contribution in [2.24, 2.45) is 0 Å². The van der Waals surface area contributed by atoms with Crippen molar-refractivity contribution in [3.63, 3.8) is 0 Å². The third-order valence-electron chi connectivity index (χ3n) is 4.40. The molecule has 1 saturated heterocycles. The highest BCUT2D eigenvalue weighted by atomic mass is 35.5. The first-order valence-corrected chi connectivity index (χ1v) is 10.5. The Bertz CT molecular complexity index is 1010. The zero-order valence-electron chi connectivity index (χ0n) is 16.6. The third-order valence-corrected chi connectivity index (χ3v) is 5.63. The van der Waals surface area contributed by atoms with Crippen molar-refractivity contribution in [1.29, 1.82) is 0 Å². The van der Waals surface area contributed by atoms with Crippen LogP contribution in [0.1, 0.15) is 26.5 Å². The highest BCUT2D eigenvalue weighted by Crippen LogP contribution is 2.27. The van der Waals surface area contributed by atoms with E-state index in [2.05, 4.69) is 10.6 Å². The van der Waals surface area contributed by atoms with Gasteiger partial charge in [-0.15, -0.1) is 11.3 Å².